The van der Waals surface area contributed by atoms with Gasteiger partial charge in [-0.05, 0) is 29.8 Å². The molecule has 2 aliphatic rings. The van der Waals surface area contributed by atoms with Gasteiger partial charge in [-0.2, -0.15) is 0 Å². The standard InChI is InChI=1S/C32H28O10/c1-39-23-10-9-18(32(40-2)30(23)37)20-14-41-25-11-17(34)7-8-19(25)27(20)29-22(36)13-26-28(31(29)38)21(35)12-24(42-26)15-3-5-16(33)6-4-15/h3-11,13,20,24,27,33-34,36-38H,12,14H2,1-2H3/t20-,24-,27+/m0/s1. The number of carbonyl (C=O) groups excluding carboxylic acids is 1. The highest BCUT2D eigenvalue weighted by Gasteiger charge is 2.42. The number of phenolic OH excluding ortho intramolecular Hbond substituents is 5. The van der Waals surface area contributed by atoms with Gasteiger partial charge in [0.1, 0.15) is 46.2 Å². The van der Waals surface area contributed by atoms with Crippen molar-refractivity contribution in [1.82, 2.24) is 0 Å². The number of carbonyl (C=O) groups is 1. The SMILES string of the molecule is COc1ccc([C@@H]2COc3cc(O)ccc3[C@H]2c2c(O)cc3c(c2O)C(=O)C[C@@H](c2ccc(O)cc2)O3)c(OC)c1O. The number of fused-ring (bicyclic) bond motifs is 2. The fraction of sp³-hybridized carbons (Fsp3) is 0.219. The summed E-state index contributed by atoms with van der Waals surface area (Å²) in [5.41, 5.74) is 1.68. The molecule has 10 heteroatoms. The van der Waals surface area contributed by atoms with Crippen LogP contribution >= 0.6 is 0 Å². The molecule has 0 bridgehead atoms. The minimum absolute atomic E-state index is 0.0204. The van der Waals surface area contributed by atoms with Gasteiger partial charge < -0.3 is 44.5 Å². The first-order valence-electron chi connectivity index (χ1n) is 13.2. The molecule has 0 amide bonds. The number of ketones is 1. The molecule has 2 aliphatic heterocycles. The number of ether oxygens (including phenoxy) is 4. The lowest BCUT2D eigenvalue weighted by Gasteiger charge is -2.36. The Balaban J connectivity index is 1.51. The highest BCUT2D eigenvalue weighted by molar-refractivity contribution is 6.03. The Morgan fingerprint density at radius 2 is 1.50 bits per heavy atom. The van der Waals surface area contributed by atoms with E-state index in [0.29, 0.717) is 22.4 Å². The Kier molecular flexibility index (Phi) is 6.61. The normalized spacial score (nSPS) is 19.2. The van der Waals surface area contributed by atoms with Crippen molar-refractivity contribution in [2.24, 2.45) is 0 Å². The summed E-state index contributed by atoms with van der Waals surface area (Å²) in [7, 11) is 2.81. The molecule has 4 aromatic rings. The molecule has 0 aliphatic carbocycles. The molecule has 2 heterocycles. The van der Waals surface area contributed by atoms with E-state index in [1.807, 2.05) is 0 Å². The molecule has 216 valence electrons. The number of hydrogen-bond acceptors (Lipinski definition) is 10. The van der Waals surface area contributed by atoms with E-state index in [1.54, 1.807) is 30.3 Å². The van der Waals surface area contributed by atoms with Gasteiger partial charge in [0, 0.05) is 40.7 Å². The van der Waals surface area contributed by atoms with Gasteiger partial charge in [-0.25, -0.2) is 0 Å². The molecule has 3 atom stereocenters. The first kappa shape index (κ1) is 26.9. The largest absolute Gasteiger partial charge is 0.508 e. The van der Waals surface area contributed by atoms with Crippen LogP contribution in [0, 0.1) is 0 Å². The van der Waals surface area contributed by atoms with Crippen LogP contribution < -0.4 is 18.9 Å². The van der Waals surface area contributed by atoms with Crippen LogP contribution in [0.25, 0.3) is 0 Å². The molecule has 42 heavy (non-hydrogen) atoms. The average Bonchev–Trinajstić information content (AvgIpc) is 2.96. The number of phenols is 5. The predicted octanol–water partition coefficient (Wildman–Crippen LogP) is 5.25. The molecular weight excluding hydrogens is 544 g/mol. The van der Waals surface area contributed by atoms with E-state index in [4.69, 9.17) is 18.9 Å². The van der Waals surface area contributed by atoms with Gasteiger partial charge in [0.15, 0.2) is 17.3 Å². The number of benzene rings is 4. The topological polar surface area (TPSA) is 155 Å². The lowest BCUT2D eigenvalue weighted by Crippen LogP contribution is -2.27. The summed E-state index contributed by atoms with van der Waals surface area (Å²) in [5.74, 6) is -2.09. The lowest BCUT2D eigenvalue weighted by atomic mass is 9.74. The van der Waals surface area contributed by atoms with E-state index in [-0.39, 0.29) is 70.2 Å². The van der Waals surface area contributed by atoms with Crippen molar-refractivity contribution in [2.45, 2.75) is 24.4 Å². The van der Waals surface area contributed by atoms with Gasteiger partial charge in [-0.1, -0.05) is 24.3 Å². The van der Waals surface area contributed by atoms with Crippen molar-refractivity contribution < 1.29 is 49.3 Å². The molecule has 0 aromatic heterocycles. The van der Waals surface area contributed by atoms with Crippen LogP contribution in [0.1, 0.15) is 57.0 Å². The summed E-state index contributed by atoms with van der Waals surface area (Å²) in [5, 5.41) is 53.6. The van der Waals surface area contributed by atoms with E-state index in [9.17, 15) is 30.3 Å². The summed E-state index contributed by atoms with van der Waals surface area (Å²) < 4.78 is 22.9. The molecule has 0 saturated heterocycles. The summed E-state index contributed by atoms with van der Waals surface area (Å²) in [6, 6.07) is 15.4. The highest BCUT2D eigenvalue weighted by atomic mass is 16.5. The molecule has 0 spiro atoms. The maximum Gasteiger partial charge on any atom is 0.201 e. The minimum atomic E-state index is -0.802. The number of aromatic hydroxyl groups is 5. The monoisotopic (exact) mass is 572 g/mol. The smallest absolute Gasteiger partial charge is 0.201 e. The van der Waals surface area contributed by atoms with Crippen LogP contribution in [0.5, 0.6) is 51.7 Å². The zero-order valence-electron chi connectivity index (χ0n) is 22.7. The number of Topliss-reactive ketones (excluding diaryl/α,β-unsaturated/α-hetero) is 1. The first-order valence-corrected chi connectivity index (χ1v) is 13.2. The van der Waals surface area contributed by atoms with Gasteiger partial charge in [-0.3, -0.25) is 4.79 Å². The molecule has 0 unspecified atom stereocenters. The molecule has 4 aromatic carbocycles. The predicted molar refractivity (Wildman–Crippen MR) is 150 cm³/mol. The van der Waals surface area contributed by atoms with Gasteiger partial charge in [0.05, 0.1) is 27.2 Å². The van der Waals surface area contributed by atoms with E-state index in [2.05, 4.69) is 0 Å². The highest BCUT2D eigenvalue weighted by Crippen LogP contribution is 2.57. The third kappa shape index (κ3) is 4.32. The Morgan fingerprint density at radius 3 is 2.21 bits per heavy atom. The first-order chi connectivity index (χ1) is 20.2. The van der Waals surface area contributed by atoms with Crippen molar-refractivity contribution in [3.05, 3.63) is 88.5 Å². The van der Waals surface area contributed by atoms with Crippen LogP contribution in [0.2, 0.25) is 0 Å². The van der Waals surface area contributed by atoms with E-state index >= 15 is 0 Å². The van der Waals surface area contributed by atoms with E-state index in [0.717, 1.165) is 0 Å². The summed E-state index contributed by atoms with van der Waals surface area (Å²) in [6.07, 6.45) is -0.751. The van der Waals surface area contributed by atoms with Gasteiger partial charge in [-0.15, -0.1) is 0 Å². The maximum absolute atomic E-state index is 13.5. The molecule has 5 N–H and O–H groups in total. The number of methoxy groups -OCH3 is 2. The van der Waals surface area contributed by atoms with Crippen molar-refractivity contribution in [1.29, 1.82) is 0 Å². The summed E-state index contributed by atoms with van der Waals surface area (Å²) >= 11 is 0. The van der Waals surface area contributed by atoms with Crippen molar-refractivity contribution in [2.75, 3.05) is 20.8 Å². The van der Waals surface area contributed by atoms with E-state index < -0.39 is 23.7 Å². The van der Waals surface area contributed by atoms with E-state index in [1.165, 1.54) is 44.6 Å². The molecule has 0 fully saturated rings. The summed E-state index contributed by atoms with van der Waals surface area (Å²) in [4.78, 5) is 13.5. The quantitative estimate of drug-likeness (QED) is 0.214. The van der Waals surface area contributed by atoms with Crippen molar-refractivity contribution in [3.8, 4) is 51.7 Å². The second kappa shape index (κ2) is 10.3. The Morgan fingerprint density at radius 1 is 0.786 bits per heavy atom. The maximum atomic E-state index is 13.5. The van der Waals surface area contributed by atoms with Gasteiger partial charge in [0.25, 0.3) is 0 Å². The van der Waals surface area contributed by atoms with Crippen molar-refractivity contribution in [3.63, 3.8) is 0 Å². The molecule has 10 nitrogen and oxygen atoms in total. The van der Waals surface area contributed by atoms with Gasteiger partial charge in [0.2, 0.25) is 5.75 Å². The third-order valence-electron chi connectivity index (χ3n) is 7.88. The average molecular weight is 573 g/mol. The summed E-state index contributed by atoms with van der Waals surface area (Å²) in [6.45, 7) is 0.0204. The van der Waals surface area contributed by atoms with Crippen molar-refractivity contribution >= 4 is 5.78 Å². The zero-order valence-corrected chi connectivity index (χ0v) is 22.7. The lowest BCUT2D eigenvalue weighted by molar-refractivity contribution is 0.0844. The number of rotatable bonds is 5. The molecule has 0 radical (unpaired) electrons. The Labute approximate surface area is 240 Å². The number of hydrogen-bond donors (Lipinski definition) is 5. The zero-order chi connectivity index (χ0) is 29.7. The molecule has 6 rings (SSSR count). The van der Waals surface area contributed by atoms with Gasteiger partial charge >= 0.3 is 0 Å². The molecular formula is C32H28O10. The van der Waals surface area contributed by atoms with Crippen LogP contribution in [0.15, 0.2) is 60.7 Å². The fourth-order valence-corrected chi connectivity index (χ4v) is 5.92. The Bertz CT molecular complexity index is 1700. The van der Waals surface area contributed by atoms with Crippen LogP contribution in [-0.4, -0.2) is 52.1 Å². The van der Waals surface area contributed by atoms with Crippen LogP contribution in [0.3, 0.4) is 0 Å². The second-order valence-corrected chi connectivity index (χ2v) is 10.2. The van der Waals surface area contributed by atoms with Crippen LogP contribution in [0.4, 0.5) is 0 Å². The Hall–Kier alpha value is -5.25. The van der Waals surface area contributed by atoms with Crippen LogP contribution in [-0.2, 0) is 0 Å². The fourth-order valence-electron chi connectivity index (χ4n) is 5.92. The second-order valence-electron chi connectivity index (χ2n) is 10.2. The third-order valence-corrected chi connectivity index (χ3v) is 7.88. The molecule has 0 saturated carbocycles. The minimum Gasteiger partial charge on any atom is -0.508 e.